The van der Waals surface area contributed by atoms with Crippen LogP contribution in [0.1, 0.15) is 30.4 Å². The molecule has 0 saturated heterocycles. The number of nitrogens with one attached hydrogen (secondary N) is 1. The average Bonchev–Trinajstić information content (AvgIpc) is 2.15. The number of benzene rings is 1. The van der Waals surface area contributed by atoms with Crippen LogP contribution < -0.4 is 5.32 Å². The predicted octanol–water partition coefficient (Wildman–Crippen LogP) is 3.65. The van der Waals surface area contributed by atoms with Gasteiger partial charge in [-0.2, -0.15) is 0 Å². The van der Waals surface area contributed by atoms with Crippen LogP contribution in [-0.2, 0) is 6.54 Å². The Balaban J connectivity index is 1.79. The van der Waals surface area contributed by atoms with E-state index in [2.05, 4.69) is 46.4 Å². The van der Waals surface area contributed by atoms with Gasteiger partial charge in [-0.25, -0.2) is 0 Å². The van der Waals surface area contributed by atoms with Gasteiger partial charge >= 0.3 is 0 Å². The topological polar surface area (TPSA) is 12.0 Å². The summed E-state index contributed by atoms with van der Waals surface area (Å²) in [4.78, 5) is 0. The van der Waals surface area contributed by atoms with Crippen molar-refractivity contribution in [3.63, 3.8) is 0 Å². The largest absolute Gasteiger partial charge is 0.312 e. The van der Waals surface area contributed by atoms with Gasteiger partial charge in [-0.1, -0.05) is 34.5 Å². The molecule has 1 N–H and O–H groups in total. The van der Waals surface area contributed by atoms with Crippen molar-refractivity contribution in [3.8, 4) is 0 Å². The highest BCUT2D eigenvalue weighted by Crippen LogP contribution is 2.25. The van der Waals surface area contributed by atoms with Crippen LogP contribution >= 0.6 is 15.9 Å². The van der Waals surface area contributed by atoms with Gasteiger partial charge in [0.25, 0.3) is 0 Å². The molecule has 1 fully saturated rings. The van der Waals surface area contributed by atoms with E-state index in [0.717, 1.165) is 12.5 Å². The summed E-state index contributed by atoms with van der Waals surface area (Å²) in [5.41, 5.74) is 2.70. The fourth-order valence-corrected chi connectivity index (χ4v) is 2.18. The van der Waals surface area contributed by atoms with E-state index >= 15 is 0 Å². The highest BCUT2D eigenvalue weighted by Gasteiger charge is 2.16. The Bertz CT molecular complexity index is 331. The fourth-order valence-electron chi connectivity index (χ4n) is 1.93. The maximum Gasteiger partial charge on any atom is 0.0205 e. The van der Waals surface area contributed by atoms with E-state index in [0.29, 0.717) is 0 Å². The van der Waals surface area contributed by atoms with Crippen LogP contribution in [0.3, 0.4) is 0 Å². The predicted molar refractivity (Wildman–Crippen MR) is 67.9 cm³/mol. The second kappa shape index (κ2) is 5.13. The third-order valence-electron chi connectivity index (χ3n) is 3.21. The Kier molecular flexibility index (Phi) is 3.81. The van der Waals surface area contributed by atoms with E-state index < -0.39 is 0 Å². The summed E-state index contributed by atoms with van der Waals surface area (Å²) in [7, 11) is 0. The van der Waals surface area contributed by atoms with E-state index in [-0.39, 0.29) is 0 Å². The Morgan fingerprint density at radius 3 is 2.80 bits per heavy atom. The summed E-state index contributed by atoms with van der Waals surface area (Å²) in [6, 6.07) is 6.57. The number of aryl methyl sites for hydroxylation is 1. The summed E-state index contributed by atoms with van der Waals surface area (Å²) in [6.07, 6.45) is 4.28. The van der Waals surface area contributed by atoms with Crippen LogP contribution in [0.2, 0.25) is 0 Å². The number of rotatable bonds is 4. The minimum absolute atomic E-state index is 0.946. The van der Waals surface area contributed by atoms with Crippen LogP contribution in [0.15, 0.2) is 22.7 Å². The van der Waals surface area contributed by atoms with Gasteiger partial charge in [-0.3, -0.25) is 0 Å². The van der Waals surface area contributed by atoms with Crippen LogP contribution in [-0.4, -0.2) is 6.54 Å². The average molecular weight is 268 g/mol. The smallest absolute Gasteiger partial charge is 0.0205 e. The fraction of sp³-hybridized carbons (Fsp3) is 0.538. The molecule has 1 aromatic rings. The molecule has 2 rings (SSSR count). The van der Waals surface area contributed by atoms with Crippen molar-refractivity contribution < 1.29 is 0 Å². The summed E-state index contributed by atoms with van der Waals surface area (Å²) in [5.74, 6) is 0.946. The summed E-state index contributed by atoms with van der Waals surface area (Å²) in [6.45, 7) is 4.33. The lowest BCUT2D eigenvalue weighted by atomic mass is 9.85. The molecule has 1 aliphatic rings. The SMILES string of the molecule is Cc1cc(CNCC2CCC2)ccc1Br. The summed E-state index contributed by atoms with van der Waals surface area (Å²) >= 11 is 3.52. The van der Waals surface area contributed by atoms with Crippen LogP contribution in [0.25, 0.3) is 0 Å². The molecule has 82 valence electrons. The lowest BCUT2D eigenvalue weighted by Crippen LogP contribution is -2.26. The molecule has 15 heavy (non-hydrogen) atoms. The monoisotopic (exact) mass is 267 g/mol. The highest BCUT2D eigenvalue weighted by molar-refractivity contribution is 9.10. The van der Waals surface area contributed by atoms with Crippen molar-refractivity contribution in [2.24, 2.45) is 5.92 Å². The van der Waals surface area contributed by atoms with Gasteiger partial charge in [-0.05, 0) is 49.4 Å². The van der Waals surface area contributed by atoms with Gasteiger partial charge in [0.1, 0.15) is 0 Å². The molecule has 1 aromatic carbocycles. The first-order valence-electron chi connectivity index (χ1n) is 5.71. The maximum absolute atomic E-state index is 3.53. The molecule has 0 atom stereocenters. The minimum Gasteiger partial charge on any atom is -0.312 e. The first-order valence-corrected chi connectivity index (χ1v) is 6.51. The maximum atomic E-state index is 3.53. The standard InChI is InChI=1S/C13H18BrN/c1-10-7-12(5-6-13(10)14)9-15-8-11-3-2-4-11/h5-7,11,15H,2-4,8-9H2,1H3. The molecule has 0 heterocycles. The van der Waals surface area contributed by atoms with Crippen molar-refractivity contribution in [1.82, 2.24) is 5.32 Å². The molecule has 0 unspecified atom stereocenters. The Morgan fingerprint density at radius 2 is 2.20 bits per heavy atom. The van der Waals surface area contributed by atoms with Crippen molar-refractivity contribution in [2.75, 3.05) is 6.54 Å². The van der Waals surface area contributed by atoms with Crippen LogP contribution in [0.4, 0.5) is 0 Å². The van der Waals surface area contributed by atoms with Gasteiger partial charge in [0.2, 0.25) is 0 Å². The second-order valence-electron chi connectivity index (χ2n) is 4.51. The van der Waals surface area contributed by atoms with Crippen molar-refractivity contribution in [2.45, 2.75) is 32.7 Å². The number of hydrogen-bond acceptors (Lipinski definition) is 1. The molecule has 0 bridgehead atoms. The Morgan fingerprint density at radius 1 is 1.40 bits per heavy atom. The number of hydrogen-bond donors (Lipinski definition) is 1. The lowest BCUT2D eigenvalue weighted by Gasteiger charge is -2.25. The quantitative estimate of drug-likeness (QED) is 0.879. The first-order chi connectivity index (χ1) is 7.25. The van der Waals surface area contributed by atoms with E-state index in [1.807, 2.05) is 0 Å². The van der Waals surface area contributed by atoms with E-state index in [4.69, 9.17) is 0 Å². The third-order valence-corrected chi connectivity index (χ3v) is 4.10. The normalized spacial score (nSPS) is 16.4. The summed E-state index contributed by atoms with van der Waals surface area (Å²) in [5, 5.41) is 3.53. The molecule has 0 aromatic heterocycles. The van der Waals surface area contributed by atoms with E-state index in [1.54, 1.807) is 0 Å². The molecule has 0 radical (unpaired) electrons. The summed E-state index contributed by atoms with van der Waals surface area (Å²) < 4.78 is 1.20. The zero-order valence-electron chi connectivity index (χ0n) is 9.22. The van der Waals surface area contributed by atoms with Gasteiger partial charge in [-0.15, -0.1) is 0 Å². The van der Waals surface area contributed by atoms with Crippen molar-refractivity contribution in [3.05, 3.63) is 33.8 Å². The van der Waals surface area contributed by atoms with Gasteiger partial charge < -0.3 is 5.32 Å². The molecule has 2 heteroatoms. The molecule has 1 nitrogen and oxygen atoms in total. The van der Waals surface area contributed by atoms with Crippen LogP contribution in [0.5, 0.6) is 0 Å². The molecule has 0 amide bonds. The Hall–Kier alpha value is -0.340. The zero-order valence-corrected chi connectivity index (χ0v) is 10.8. The van der Waals surface area contributed by atoms with Crippen molar-refractivity contribution in [1.29, 1.82) is 0 Å². The molecular weight excluding hydrogens is 250 g/mol. The zero-order chi connectivity index (χ0) is 10.7. The van der Waals surface area contributed by atoms with Crippen LogP contribution in [0, 0.1) is 12.8 Å². The van der Waals surface area contributed by atoms with Gasteiger partial charge in [0.05, 0.1) is 0 Å². The molecule has 0 aliphatic heterocycles. The van der Waals surface area contributed by atoms with Gasteiger partial charge in [0.15, 0.2) is 0 Å². The third kappa shape index (κ3) is 3.05. The van der Waals surface area contributed by atoms with Crippen molar-refractivity contribution >= 4 is 15.9 Å². The molecule has 0 spiro atoms. The van der Waals surface area contributed by atoms with E-state index in [1.165, 1.54) is 41.4 Å². The Labute approximate surface area is 100 Å². The highest BCUT2D eigenvalue weighted by atomic mass is 79.9. The number of halogens is 1. The van der Waals surface area contributed by atoms with Gasteiger partial charge in [0, 0.05) is 11.0 Å². The molecule has 1 aliphatic carbocycles. The lowest BCUT2D eigenvalue weighted by molar-refractivity contribution is 0.301. The minimum atomic E-state index is 0.946. The molecule has 1 saturated carbocycles. The van der Waals surface area contributed by atoms with E-state index in [9.17, 15) is 0 Å². The first kappa shape index (κ1) is 11.2. The second-order valence-corrected chi connectivity index (χ2v) is 5.37. The molecular formula is C13H18BrN.